The van der Waals surface area contributed by atoms with Crippen molar-refractivity contribution in [2.75, 3.05) is 6.54 Å². The van der Waals surface area contributed by atoms with Gasteiger partial charge in [-0.25, -0.2) is 0 Å². The average Bonchev–Trinajstić information content (AvgIpc) is 2.41. The van der Waals surface area contributed by atoms with E-state index in [9.17, 15) is 0 Å². The lowest BCUT2D eigenvalue weighted by atomic mass is 10.4. The molecule has 1 aliphatic carbocycles. The molecule has 0 saturated heterocycles. The van der Waals surface area contributed by atoms with Gasteiger partial charge >= 0.3 is 0 Å². The number of thiol groups is 1. The van der Waals surface area contributed by atoms with Crippen LogP contribution in [0.15, 0.2) is 11.6 Å². The van der Waals surface area contributed by atoms with Crippen molar-refractivity contribution >= 4 is 12.6 Å². The van der Waals surface area contributed by atoms with Gasteiger partial charge in [-0.3, -0.25) is 0 Å². The zero-order valence-corrected chi connectivity index (χ0v) is 5.75. The van der Waals surface area contributed by atoms with E-state index in [0.717, 1.165) is 17.5 Å². The third-order valence-electron chi connectivity index (χ3n) is 1.29. The number of nitrogens with one attached hydrogen (secondary N) is 1. The topological polar surface area (TPSA) is 12.0 Å². The summed E-state index contributed by atoms with van der Waals surface area (Å²) in [5.74, 6) is 0.916. The first-order chi connectivity index (χ1) is 3.79. The summed E-state index contributed by atoms with van der Waals surface area (Å²) in [4.78, 5) is 0. The second-order valence-electron chi connectivity index (χ2n) is 2.27. The third-order valence-corrected chi connectivity index (χ3v) is 1.45. The molecule has 0 unspecified atom stereocenters. The Labute approximate surface area is 55.6 Å². The summed E-state index contributed by atoms with van der Waals surface area (Å²) in [5, 5.41) is 3.87. The third kappa shape index (κ3) is 2.26. The van der Waals surface area contributed by atoms with E-state index in [1.54, 1.807) is 0 Å². The minimum atomic E-state index is 0.789. The fourth-order valence-electron chi connectivity index (χ4n) is 0.584. The van der Waals surface area contributed by atoms with Crippen LogP contribution >= 0.6 is 12.6 Å². The molecule has 1 fully saturated rings. The maximum Gasteiger partial charge on any atom is 0.0577 e. The van der Waals surface area contributed by atoms with Crippen molar-refractivity contribution in [3.63, 3.8) is 0 Å². The Balaban J connectivity index is 1.95. The van der Waals surface area contributed by atoms with Gasteiger partial charge in [0.2, 0.25) is 0 Å². The fourth-order valence-corrected chi connectivity index (χ4v) is 0.675. The summed E-state index contributed by atoms with van der Waals surface area (Å²) in [6.07, 6.45) is 2.77. The number of hydrogen-bond acceptors (Lipinski definition) is 2. The highest BCUT2D eigenvalue weighted by molar-refractivity contribution is 7.84. The molecule has 0 aromatic carbocycles. The first-order valence-electron chi connectivity index (χ1n) is 2.91. The predicted molar refractivity (Wildman–Crippen MR) is 38.9 cm³/mol. The second-order valence-corrected chi connectivity index (χ2v) is 2.81. The molecule has 0 radical (unpaired) electrons. The van der Waals surface area contributed by atoms with E-state index >= 15 is 0 Å². The molecule has 0 amide bonds. The minimum Gasteiger partial charge on any atom is -0.380 e. The van der Waals surface area contributed by atoms with Crippen LogP contribution in [0.2, 0.25) is 0 Å². The summed E-state index contributed by atoms with van der Waals surface area (Å²) < 4.78 is 0. The van der Waals surface area contributed by atoms with Crippen molar-refractivity contribution in [1.82, 2.24) is 5.32 Å². The Morgan fingerprint density at radius 2 is 2.38 bits per heavy atom. The van der Waals surface area contributed by atoms with Gasteiger partial charge in [0.25, 0.3) is 0 Å². The van der Waals surface area contributed by atoms with Crippen LogP contribution in [0.4, 0.5) is 0 Å². The highest BCUT2D eigenvalue weighted by Gasteiger charge is 2.20. The van der Waals surface area contributed by atoms with E-state index in [4.69, 9.17) is 0 Å². The van der Waals surface area contributed by atoms with Crippen LogP contribution in [0.5, 0.6) is 0 Å². The Bertz CT molecular complexity index is 96.7. The van der Waals surface area contributed by atoms with Gasteiger partial charge in [-0.1, -0.05) is 6.58 Å². The maximum absolute atomic E-state index is 3.99. The highest BCUT2D eigenvalue weighted by atomic mass is 32.1. The molecule has 2 heteroatoms. The molecule has 1 saturated carbocycles. The predicted octanol–water partition coefficient (Wildman–Crippen LogP) is 1.39. The molecule has 0 spiro atoms. The van der Waals surface area contributed by atoms with Crippen LogP contribution in [0.25, 0.3) is 0 Å². The molecular formula is C6H11NS. The Morgan fingerprint density at radius 1 is 1.75 bits per heavy atom. The molecule has 8 heavy (non-hydrogen) atoms. The molecular weight excluding hydrogens is 118 g/mol. The van der Waals surface area contributed by atoms with Crippen LogP contribution in [0.1, 0.15) is 12.8 Å². The van der Waals surface area contributed by atoms with Crippen LogP contribution < -0.4 is 5.32 Å². The van der Waals surface area contributed by atoms with E-state index in [0.29, 0.717) is 0 Å². The number of hydrogen-bond donors (Lipinski definition) is 2. The van der Waals surface area contributed by atoms with Gasteiger partial charge in [0.1, 0.15) is 0 Å². The van der Waals surface area contributed by atoms with Crippen molar-refractivity contribution in [2.45, 2.75) is 12.8 Å². The minimum absolute atomic E-state index is 0.789. The van der Waals surface area contributed by atoms with Gasteiger partial charge < -0.3 is 5.32 Å². The van der Waals surface area contributed by atoms with E-state index in [1.807, 2.05) is 0 Å². The Morgan fingerprint density at radius 3 is 2.75 bits per heavy atom. The van der Waals surface area contributed by atoms with Gasteiger partial charge in [0.15, 0.2) is 0 Å². The van der Waals surface area contributed by atoms with E-state index in [2.05, 4.69) is 24.5 Å². The van der Waals surface area contributed by atoms with Crippen LogP contribution in [0, 0.1) is 5.92 Å². The van der Waals surface area contributed by atoms with Crippen LogP contribution in [0.3, 0.4) is 0 Å². The van der Waals surface area contributed by atoms with Gasteiger partial charge in [0.05, 0.1) is 5.03 Å². The van der Waals surface area contributed by atoms with Crippen molar-refractivity contribution in [3.8, 4) is 0 Å². The lowest BCUT2D eigenvalue weighted by molar-refractivity contribution is 0.742. The summed E-state index contributed by atoms with van der Waals surface area (Å²) in [7, 11) is 0. The first kappa shape index (κ1) is 6.02. The molecule has 0 aliphatic heterocycles. The normalized spacial score (nSPS) is 18.1. The van der Waals surface area contributed by atoms with Crippen LogP contribution in [-0.4, -0.2) is 6.54 Å². The van der Waals surface area contributed by atoms with Crippen molar-refractivity contribution in [2.24, 2.45) is 5.92 Å². The second kappa shape index (κ2) is 2.44. The highest BCUT2D eigenvalue weighted by Crippen LogP contribution is 2.27. The molecule has 0 heterocycles. The van der Waals surface area contributed by atoms with Gasteiger partial charge in [-0.15, -0.1) is 12.6 Å². The van der Waals surface area contributed by atoms with Gasteiger partial charge in [-0.05, 0) is 18.8 Å². The SMILES string of the molecule is C=C(S)NCC1CC1. The zero-order chi connectivity index (χ0) is 5.98. The zero-order valence-electron chi connectivity index (χ0n) is 4.85. The van der Waals surface area contributed by atoms with Crippen molar-refractivity contribution in [1.29, 1.82) is 0 Å². The lowest BCUT2D eigenvalue weighted by Gasteiger charge is -1.99. The van der Waals surface area contributed by atoms with Gasteiger partial charge in [0, 0.05) is 6.54 Å². The standard InChI is InChI=1S/C6H11NS/c1-5(8)7-4-6-2-3-6/h6-8H,1-4H2. The number of rotatable bonds is 3. The molecule has 46 valence electrons. The summed E-state index contributed by atoms with van der Waals surface area (Å²) >= 11 is 3.99. The Hall–Kier alpha value is -0.110. The maximum atomic E-state index is 3.99. The molecule has 0 aromatic heterocycles. The van der Waals surface area contributed by atoms with E-state index in [-0.39, 0.29) is 0 Å². The molecule has 1 rings (SSSR count). The van der Waals surface area contributed by atoms with Crippen LogP contribution in [-0.2, 0) is 0 Å². The smallest absolute Gasteiger partial charge is 0.0577 e. The lowest BCUT2D eigenvalue weighted by Crippen LogP contribution is -2.11. The monoisotopic (exact) mass is 129 g/mol. The van der Waals surface area contributed by atoms with E-state index < -0.39 is 0 Å². The quantitative estimate of drug-likeness (QED) is 0.549. The largest absolute Gasteiger partial charge is 0.380 e. The summed E-state index contributed by atoms with van der Waals surface area (Å²) in [6.45, 7) is 4.68. The van der Waals surface area contributed by atoms with Crippen molar-refractivity contribution in [3.05, 3.63) is 11.6 Å². The molecule has 1 nitrogen and oxygen atoms in total. The first-order valence-corrected chi connectivity index (χ1v) is 3.35. The fraction of sp³-hybridized carbons (Fsp3) is 0.667. The van der Waals surface area contributed by atoms with E-state index in [1.165, 1.54) is 12.8 Å². The van der Waals surface area contributed by atoms with Gasteiger partial charge in [-0.2, -0.15) is 0 Å². The molecule has 1 N–H and O–H groups in total. The summed E-state index contributed by atoms with van der Waals surface area (Å²) in [6, 6.07) is 0. The average molecular weight is 129 g/mol. The molecule has 0 aromatic rings. The molecule has 1 aliphatic rings. The summed E-state index contributed by atoms with van der Waals surface area (Å²) in [5.41, 5.74) is 0. The molecule has 0 atom stereocenters. The Kier molecular flexibility index (Phi) is 1.84. The molecule has 0 bridgehead atoms. The van der Waals surface area contributed by atoms with Crippen molar-refractivity contribution < 1.29 is 0 Å².